The number of carbonyl (C=O) groups excluding carboxylic acids is 1. The van der Waals surface area contributed by atoms with Crippen molar-refractivity contribution < 1.29 is 4.79 Å². The van der Waals surface area contributed by atoms with Crippen LogP contribution in [0.3, 0.4) is 0 Å². The third-order valence-corrected chi connectivity index (χ3v) is 2.40. The van der Waals surface area contributed by atoms with Crippen LogP contribution in [0.4, 0.5) is 0 Å². The topological polar surface area (TPSA) is 52.9 Å². The summed E-state index contributed by atoms with van der Waals surface area (Å²) in [6.07, 6.45) is 0.993. The molecule has 0 saturated carbocycles. The standard InChI is InChI=1S/C14H18N2O/c1-11(2)9-12-3-5-13(6-4-12)10-16-14(17)7-8-15/h3-6,11H,7,9-10H2,1-2H3,(H,16,17). The first kappa shape index (κ1) is 13.2. The number of amides is 1. The molecule has 0 aliphatic rings. The highest BCUT2D eigenvalue weighted by molar-refractivity contribution is 5.77. The molecule has 1 aromatic carbocycles. The Balaban J connectivity index is 2.46. The summed E-state index contributed by atoms with van der Waals surface area (Å²) in [6.45, 7) is 4.87. The van der Waals surface area contributed by atoms with Gasteiger partial charge in [-0.3, -0.25) is 4.79 Å². The zero-order valence-electron chi connectivity index (χ0n) is 10.4. The van der Waals surface area contributed by atoms with Gasteiger partial charge < -0.3 is 5.32 Å². The van der Waals surface area contributed by atoms with Gasteiger partial charge in [0, 0.05) is 6.54 Å². The molecule has 0 atom stereocenters. The predicted octanol–water partition coefficient (Wildman–Crippen LogP) is 2.41. The van der Waals surface area contributed by atoms with Crippen LogP contribution in [-0.4, -0.2) is 5.91 Å². The molecule has 0 aliphatic carbocycles. The van der Waals surface area contributed by atoms with Gasteiger partial charge in [0.25, 0.3) is 0 Å². The number of rotatable bonds is 5. The number of nitrogens with zero attached hydrogens (tertiary/aromatic N) is 1. The molecule has 0 aliphatic heterocycles. The van der Waals surface area contributed by atoms with Crippen LogP contribution in [0.5, 0.6) is 0 Å². The molecule has 0 heterocycles. The normalized spacial score (nSPS) is 10.0. The molecule has 1 N–H and O–H groups in total. The van der Waals surface area contributed by atoms with Crippen LogP contribution in [-0.2, 0) is 17.8 Å². The highest BCUT2D eigenvalue weighted by Crippen LogP contribution is 2.09. The first-order valence-electron chi connectivity index (χ1n) is 5.83. The van der Waals surface area contributed by atoms with Crippen molar-refractivity contribution in [3.8, 4) is 6.07 Å². The smallest absolute Gasteiger partial charge is 0.234 e. The van der Waals surface area contributed by atoms with Crippen molar-refractivity contribution in [2.24, 2.45) is 5.92 Å². The summed E-state index contributed by atoms with van der Waals surface area (Å²) in [4.78, 5) is 11.1. The molecular weight excluding hydrogens is 212 g/mol. The van der Waals surface area contributed by atoms with E-state index in [2.05, 4.69) is 31.3 Å². The quantitative estimate of drug-likeness (QED) is 0.844. The fourth-order valence-corrected chi connectivity index (χ4v) is 1.60. The monoisotopic (exact) mass is 230 g/mol. The van der Waals surface area contributed by atoms with Crippen LogP contribution >= 0.6 is 0 Å². The minimum atomic E-state index is -0.223. The van der Waals surface area contributed by atoms with Gasteiger partial charge >= 0.3 is 0 Å². The first-order valence-corrected chi connectivity index (χ1v) is 5.83. The summed E-state index contributed by atoms with van der Waals surface area (Å²) in [6, 6.07) is 10.0. The van der Waals surface area contributed by atoms with E-state index >= 15 is 0 Å². The van der Waals surface area contributed by atoms with Crippen LogP contribution < -0.4 is 5.32 Å². The number of benzene rings is 1. The summed E-state index contributed by atoms with van der Waals surface area (Å²) in [5.41, 5.74) is 2.37. The van der Waals surface area contributed by atoms with E-state index in [0.717, 1.165) is 12.0 Å². The fourth-order valence-electron chi connectivity index (χ4n) is 1.60. The number of nitrogens with one attached hydrogen (secondary N) is 1. The van der Waals surface area contributed by atoms with Gasteiger partial charge in [-0.2, -0.15) is 5.26 Å². The molecule has 17 heavy (non-hydrogen) atoms. The molecule has 0 saturated heterocycles. The molecule has 90 valence electrons. The van der Waals surface area contributed by atoms with Crippen LogP contribution in [0.25, 0.3) is 0 Å². The van der Waals surface area contributed by atoms with Gasteiger partial charge in [-0.05, 0) is 23.5 Å². The van der Waals surface area contributed by atoms with Gasteiger partial charge in [-0.15, -0.1) is 0 Å². The number of hydrogen-bond acceptors (Lipinski definition) is 2. The van der Waals surface area contributed by atoms with Gasteiger partial charge in [0.1, 0.15) is 6.42 Å². The Morgan fingerprint density at radius 1 is 1.29 bits per heavy atom. The van der Waals surface area contributed by atoms with Crippen molar-refractivity contribution in [1.29, 1.82) is 5.26 Å². The maximum atomic E-state index is 11.1. The second kappa shape index (κ2) is 6.70. The van der Waals surface area contributed by atoms with E-state index in [-0.39, 0.29) is 12.3 Å². The Morgan fingerprint density at radius 3 is 2.41 bits per heavy atom. The van der Waals surface area contributed by atoms with Gasteiger partial charge in [0.05, 0.1) is 6.07 Å². The molecule has 0 spiro atoms. The SMILES string of the molecule is CC(C)Cc1ccc(CNC(=O)CC#N)cc1. The third kappa shape index (κ3) is 5.17. The minimum absolute atomic E-state index is 0.0779. The lowest BCUT2D eigenvalue weighted by molar-refractivity contribution is -0.120. The zero-order valence-corrected chi connectivity index (χ0v) is 10.4. The zero-order chi connectivity index (χ0) is 12.7. The van der Waals surface area contributed by atoms with Gasteiger partial charge in [0.15, 0.2) is 0 Å². The van der Waals surface area contributed by atoms with E-state index in [1.807, 2.05) is 18.2 Å². The number of nitriles is 1. The summed E-state index contributed by atoms with van der Waals surface area (Å²) < 4.78 is 0. The van der Waals surface area contributed by atoms with Crippen molar-refractivity contribution in [3.05, 3.63) is 35.4 Å². The van der Waals surface area contributed by atoms with Crippen molar-refractivity contribution in [3.63, 3.8) is 0 Å². The Labute approximate surface area is 102 Å². The van der Waals surface area contributed by atoms with E-state index in [9.17, 15) is 4.79 Å². The maximum absolute atomic E-state index is 11.1. The van der Waals surface area contributed by atoms with Crippen LogP contribution in [0.15, 0.2) is 24.3 Å². The lowest BCUT2D eigenvalue weighted by Gasteiger charge is -2.07. The van der Waals surface area contributed by atoms with E-state index < -0.39 is 0 Å². The summed E-state index contributed by atoms with van der Waals surface area (Å²) in [7, 11) is 0. The molecule has 0 aromatic heterocycles. The fraction of sp³-hybridized carbons (Fsp3) is 0.429. The van der Waals surface area contributed by atoms with Crippen molar-refractivity contribution in [1.82, 2.24) is 5.32 Å². The van der Waals surface area contributed by atoms with E-state index in [1.54, 1.807) is 0 Å². The summed E-state index contributed by atoms with van der Waals surface area (Å²) >= 11 is 0. The third-order valence-electron chi connectivity index (χ3n) is 2.40. The molecule has 0 radical (unpaired) electrons. The van der Waals surface area contributed by atoms with Crippen molar-refractivity contribution >= 4 is 5.91 Å². The van der Waals surface area contributed by atoms with E-state index in [4.69, 9.17) is 5.26 Å². The molecule has 1 rings (SSSR count). The largest absolute Gasteiger partial charge is 0.351 e. The Bertz CT molecular complexity index is 401. The second-order valence-electron chi connectivity index (χ2n) is 4.53. The Hall–Kier alpha value is -1.82. The molecule has 0 unspecified atom stereocenters. The number of carbonyl (C=O) groups is 1. The Morgan fingerprint density at radius 2 is 1.88 bits per heavy atom. The summed E-state index contributed by atoms with van der Waals surface area (Å²) in [5, 5.41) is 11.0. The molecule has 1 aromatic rings. The van der Waals surface area contributed by atoms with Crippen molar-refractivity contribution in [2.45, 2.75) is 33.2 Å². The highest BCUT2D eigenvalue weighted by atomic mass is 16.1. The molecular formula is C14H18N2O. The van der Waals surface area contributed by atoms with Crippen LogP contribution in [0, 0.1) is 17.2 Å². The van der Waals surface area contributed by atoms with Gasteiger partial charge in [-0.1, -0.05) is 38.1 Å². The molecule has 3 heteroatoms. The second-order valence-corrected chi connectivity index (χ2v) is 4.53. The van der Waals surface area contributed by atoms with Crippen molar-refractivity contribution in [2.75, 3.05) is 0 Å². The number of hydrogen-bond donors (Lipinski definition) is 1. The molecule has 3 nitrogen and oxygen atoms in total. The van der Waals surface area contributed by atoms with Gasteiger partial charge in [-0.25, -0.2) is 0 Å². The first-order chi connectivity index (χ1) is 8.11. The van der Waals surface area contributed by atoms with Crippen LogP contribution in [0.2, 0.25) is 0 Å². The average Bonchev–Trinajstić information content (AvgIpc) is 2.28. The summed E-state index contributed by atoms with van der Waals surface area (Å²) in [5.74, 6) is 0.426. The average molecular weight is 230 g/mol. The minimum Gasteiger partial charge on any atom is -0.351 e. The molecule has 0 fully saturated rings. The predicted molar refractivity (Wildman–Crippen MR) is 67.1 cm³/mol. The lowest BCUT2D eigenvalue weighted by Crippen LogP contribution is -2.21. The molecule has 0 bridgehead atoms. The Kier molecular flexibility index (Phi) is 5.22. The van der Waals surface area contributed by atoms with Gasteiger partial charge in [0.2, 0.25) is 5.91 Å². The lowest BCUT2D eigenvalue weighted by atomic mass is 10.0. The highest BCUT2D eigenvalue weighted by Gasteiger charge is 2.01. The van der Waals surface area contributed by atoms with E-state index in [0.29, 0.717) is 12.5 Å². The molecule has 1 amide bonds. The maximum Gasteiger partial charge on any atom is 0.234 e. The van der Waals surface area contributed by atoms with E-state index in [1.165, 1.54) is 5.56 Å². The van der Waals surface area contributed by atoms with Crippen LogP contribution in [0.1, 0.15) is 31.4 Å².